The highest BCUT2D eigenvalue weighted by atomic mass is 19.4. The van der Waals surface area contributed by atoms with E-state index in [-0.39, 0.29) is 18.2 Å². The van der Waals surface area contributed by atoms with Gasteiger partial charge in [0.2, 0.25) is 5.91 Å². The number of carbonyl (C=O) groups is 2. The highest BCUT2D eigenvalue weighted by Gasteiger charge is 2.34. The average molecular weight is 374 g/mol. The van der Waals surface area contributed by atoms with E-state index >= 15 is 0 Å². The average Bonchev–Trinajstić information content (AvgIpc) is 2.96. The summed E-state index contributed by atoms with van der Waals surface area (Å²) in [5.74, 6) is -1.08. The third kappa shape index (κ3) is 6.12. The number of likely N-dealkylation sites (tertiary alicyclic amines) is 1. The summed E-state index contributed by atoms with van der Waals surface area (Å²) in [6.07, 6.45) is -4.75. The van der Waals surface area contributed by atoms with E-state index in [1.807, 2.05) is 0 Å². The molecule has 0 radical (unpaired) electrons. The van der Waals surface area contributed by atoms with Gasteiger partial charge in [-0.3, -0.25) is 4.79 Å². The van der Waals surface area contributed by atoms with Crippen LogP contribution in [0.2, 0.25) is 0 Å². The second-order valence-corrected chi connectivity index (χ2v) is 6.97. The van der Waals surface area contributed by atoms with E-state index in [1.165, 1.54) is 17.0 Å². The zero-order chi connectivity index (χ0) is 19.5. The molecule has 0 saturated carbocycles. The standard InChI is InChI=1S/C17H21F3N2O4/c1-16(2,3)26-15(24)22-9-8-11(10-22)14(23)21-12-4-6-13(7-5-12)25-17(18,19)20/h4-7,11H,8-10H2,1-3H3,(H,21,23)/t11-/m1/s1. The Kier molecular flexibility index (Phi) is 5.68. The van der Waals surface area contributed by atoms with Gasteiger partial charge in [-0.15, -0.1) is 13.2 Å². The van der Waals surface area contributed by atoms with Gasteiger partial charge in [0.25, 0.3) is 0 Å². The van der Waals surface area contributed by atoms with E-state index < -0.39 is 24.0 Å². The molecule has 1 aromatic carbocycles. The van der Waals surface area contributed by atoms with Crippen LogP contribution in [0.5, 0.6) is 5.75 Å². The molecule has 0 aromatic heterocycles. The highest BCUT2D eigenvalue weighted by Crippen LogP contribution is 2.25. The van der Waals surface area contributed by atoms with Crippen LogP contribution >= 0.6 is 0 Å². The third-order valence-electron chi connectivity index (χ3n) is 3.57. The number of anilines is 1. The molecular weight excluding hydrogens is 353 g/mol. The summed E-state index contributed by atoms with van der Waals surface area (Å²) < 4.78 is 45.4. The number of hydrogen-bond acceptors (Lipinski definition) is 4. The maximum atomic E-state index is 12.3. The second-order valence-electron chi connectivity index (χ2n) is 6.97. The lowest BCUT2D eigenvalue weighted by Gasteiger charge is -2.24. The molecule has 144 valence electrons. The number of nitrogens with one attached hydrogen (secondary N) is 1. The predicted octanol–water partition coefficient (Wildman–Crippen LogP) is 3.78. The molecule has 0 unspecified atom stereocenters. The van der Waals surface area contributed by atoms with E-state index in [0.717, 1.165) is 12.1 Å². The van der Waals surface area contributed by atoms with Crippen LogP contribution in [0.1, 0.15) is 27.2 Å². The van der Waals surface area contributed by atoms with E-state index in [9.17, 15) is 22.8 Å². The first kappa shape index (κ1) is 19.9. The smallest absolute Gasteiger partial charge is 0.444 e. The lowest BCUT2D eigenvalue weighted by Crippen LogP contribution is -2.36. The van der Waals surface area contributed by atoms with Gasteiger partial charge < -0.3 is 19.7 Å². The van der Waals surface area contributed by atoms with Crippen molar-refractivity contribution < 1.29 is 32.2 Å². The van der Waals surface area contributed by atoms with Gasteiger partial charge >= 0.3 is 12.5 Å². The van der Waals surface area contributed by atoms with Crippen LogP contribution in [0.25, 0.3) is 0 Å². The van der Waals surface area contributed by atoms with Gasteiger partial charge in [0.15, 0.2) is 0 Å². The zero-order valence-electron chi connectivity index (χ0n) is 14.7. The fourth-order valence-corrected chi connectivity index (χ4v) is 2.45. The maximum absolute atomic E-state index is 12.3. The number of amides is 2. The Labute approximate surface area is 149 Å². The molecule has 1 saturated heterocycles. The Morgan fingerprint density at radius 2 is 1.77 bits per heavy atom. The molecule has 1 fully saturated rings. The van der Waals surface area contributed by atoms with Crippen LogP contribution in [0, 0.1) is 5.92 Å². The van der Waals surface area contributed by atoms with Crippen LogP contribution < -0.4 is 10.1 Å². The van der Waals surface area contributed by atoms with Gasteiger partial charge in [0, 0.05) is 18.8 Å². The van der Waals surface area contributed by atoms with Crippen molar-refractivity contribution in [2.75, 3.05) is 18.4 Å². The van der Waals surface area contributed by atoms with Crippen LogP contribution in [-0.2, 0) is 9.53 Å². The van der Waals surface area contributed by atoms with E-state index in [0.29, 0.717) is 18.7 Å². The lowest BCUT2D eigenvalue weighted by atomic mass is 10.1. The summed E-state index contributed by atoms with van der Waals surface area (Å²) in [6.45, 7) is 5.92. The first-order valence-electron chi connectivity index (χ1n) is 8.07. The number of ether oxygens (including phenoxy) is 2. The molecule has 0 bridgehead atoms. The molecule has 6 nitrogen and oxygen atoms in total. The molecular formula is C17H21F3N2O4. The lowest BCUT2D eigenvalue weighted by molar-refractivity contribution is -0.274. The van der Waals surface area contributed by atoms with Crippen molar-refractivity contribution in [1.29, 1.82) is 0 Å². The first-order chi connectivity index (χ1) is 11.9. The van der Waals surface area contributed by atoms with Crippen LogP contribution in [0.4, 0.5) is 23.7 Å². The van der Waals surface area contributed by atoms with Crippen molar-refractivity contribution in [2.45, 2.75) is 39.2 Å². The first-order valence-corrected chi connectivity index (χ1v) is 8.07. The van der Waals surface area contributed by atoms with Crippen LogP contribution in [0.3, 0.4) is 0 Å². The Morgan fingerprint density at radius 1 is 1.15 bits per heavy atom. The molecule has 2 amide bonds. The maximum Gasteiger partial charge on any atom is 0.573 e. The molecule has 1 aliphatic rings. The molecule has 26 heavy (non-hydrogen) atoms. The van der Waals surface area contributed by atoms with Crippen molar-refractivity contribution in [3.05, 3.63) is 24.3 Å². The number of hydrogen-bond donors (Lipinski definition) is 1. The minimum Gasteiger partial charge on any atom is -0.444 e. The van der Waals surface area contributed by atoms with Crippen molar-refractivity contribution in [3.8, 4) is 5.75 Å². The SMILES string of the molecule is CC(C)(C)OC(=O)N1CC[C@@H](C(=O)Nc2ccc(OC(F)(F)F)cc2)C1. The van der Waals surface area contributed by atoms with E-state index in [4.69, 9.17) is 4.74 Å². The molecule has 9 heteroatoms. The molecule has 0 aliphatic carbocycles. The summed E-state index contributed by atoms with van der Waals surface area (Å²) >= 11 is 0. The van der Waals surface area contributed by atoms with E-state index in [1.54, 1.807) is 20.8 Å². The summed E-state index contributed by atoms with van der Waals surface area (Å²) in [6, 6.07) is 4.87. The van der Waals surface area contributed by atoms with E-state index in [2.05, 4.69) is 10.1 Å². The van der Waals surface area contributed by atoms with Crippen molar-refractivity contribution in [1.82, 2.24) is 4.90 Å². The van der Waals surface area contributed by atoms with Crippen LogP contribution in [-0.4, -0.2) is 42.0 Å². The van der Waals surface area contributed by atoms with Gasteiger partial charge in [-0.25, -0.2) is 4.79 Å². The molecule has 1 heterocycles. The summed E-state index contributed by atoms with van der Waals surface area (Å²) in [5.41, 5.74) is -0.266. The zero-order valence-corrected chi connectivity index (χ0v) is 14.7. The van der Waals surface area contributed by atoms with Gasteiger partial charge in [0.1, 0.15) is 11.4 Å². The Hall–Kier alpha value is -2.45. The van der Waals surface area contributed by atoms with Crippen LogP contribution in [0.15, 0.2) is 24.3 Å². The van der Waals surface area contributed by atoms with Gasteiger partial charge in [0.05, 0.1) is 5.92 Å². The topological polar surface area (TPSA) is 67.9 Å². The van der Waals surface area contributed by atoms with Crippen molar-refractivity contribution >= 4 is 17.7 Å². The molecule has 0 spiro atoms. The number of halogens is 3. The number of alkyl halides is 3. The Balaban J connectivity index is 1.88. The predicted molar refractivity (Wildman–Crippen MR) is 87.7 cm³/mol. The molecule has 2 rings (SSSR count). The minimum atomic E-state index is -4.76. The normalized spacial score (nSPS) is 17.8. The molecule has 1 N–H and O–H groups in total. The van der Waals surface area contributed by atoms with Gasteiger partial charge in [-0.2, -0.15) is 0 Å². The quantitative estimate of drug-likeness (QED) is 0.874. The Morgan fingerprint density at radius 3 is 2.31 bits per heavy atom. The second kappa shape index (κ2) is 7.43. The molecule has 1 atom stereocenters. The summed E-state index contributed by atoms with van der Waals surface area (Å²) in [7, 11) is 0. The number of rotatable bonds is 3. The summed E-state index contributed by atoms with van der Waals surface area (Å²) in [4.78, 5) is 25.8. The fourth-order valence-electron chi connectivity index (χ4n) is 2.45. The minimum absolute atomic E-state index is 0.232. The van der Waals surface area contributed by atoms with Gasteiger partial charge in [-0.05, 0) is 51.5 Å². The third-order valence-corrected chi connectivity index (χ3v) is 3.57. The van der Waals surface area contributed by atoms with Gasteiger partial charge in [-0.1, -0.05) is 0 Å². The summed E-state index contributed by atoms with van der Waals surface area (Å²) in [5, 5.41) is 2.63. The number of nitrogens with zero attached hydrogens (tertiary/aromatic N) is 1. The number of carbonyl (C=O) groups excluding carboxylic acids is 2. The molecule has 1 aromatic rings. The Bertz CT molecular complexity index is 653. The monoisotopic (exact) mass is 374 g/mol. The van der Waals surface area contributed by atoms with Crippen molar-refractivity contribution in [3.63, 3.8) is 0 Å². The van der Waals surface area contributed by atoms with Crippen molar-refractivity contribution in [2.24, 2.45) is 5.92 Å². The fraction of sp³-hybridized carbons (Fsp3) is 0.529. The molecule has 1 aliphatic heterocycles. The number of benzene rings is 1. The highest BCUT2D eigenvalue weighted by molar-refractivity contribution is 5.93. The largest absolute Gasteiger partial charge is 0.573 e.